The Morgan fingerprint density at radius 3 is 2.25 bits per heavy atom. The molecule has 0 atom stereocenters. The smallest absolute Gasteiger partial charge is 0.0635 e. The van der Waals surface area contributed by atoms with Gasteiger partial charge < -0.3 is 5.73 Å². The summed E-state index contributed by atoms with van der Waals surface area (Å²) in [5, 5.41) is 0.618. The molecule has 0 unspecified atom stereocenters. The number of hydrogen-bond donors (Lipinski definition) is 1. The van der Waals surface area contributed by atoms with E-state index >= 15 is 0 Å². The molecular formula is C14H14ClN. The fourth-order valence-electron chi connectivity index (χ4n) is 1.64. The van der Waals surface area contributed by atoms with Crippen molar-refractivity contribution in [2.45, 2.75) is 13.3 Å². The van der Waals surface area contributed by atoms with Crippen LogP contribution in [-0.2, 0) is 6.42 Å². The second-order valence-electron chi connectivity index (χ2n) is 4.02. The highest BCUT2D eigenvalue weighted by Crippen LogP contribution is 2.21. The Kier molecular flexibility index (Phi) is 3.16. The molecule has 0 aliphatic carbocycles. The first kappa shape index (κ1) is 11.0. The van der Waals surface area contributed by atoms with E-state index in [4.69, 9.17) is 17.3 Å². The zero-order valence-corrected chi connectivity index (χ0v) is 9.96. The lowest BCUT2D eigenvalue weighted by molar-refractivity contribution is 1.19. The lowest BCUT2D eigenvalue weighted by atomic mass is 10.0. The van der Waals surface area contributed by atoms with Crippen LogP contribution in [-0.4, -0.2) is 0 Å². The molecule has 0 spiro atoms. The monoisotopic (exact) mass is 231 g/mol. The zero-order chi connectivity index (χ0) is 11.5. The molecule has 16 heavy (non-hydrogen) atoms. The summed E-state index contributed by atoms with van der Waals surface area (Å²) in [6.07, 6.45) is 0.891. The highest BCUT2D eigenvalue weighted by Gasteiger charge is 2.00. The van der Waals surface area contributed by atoms with E-state index in [1.54, 1.807) is 0 Å². The average Bonchev–Trinajstić information content (AvgIpc) is 2.27. The van der Waals surface area contributed by atoms with Gasteiger partial charge in [-0.2, -0.15) is 0 Å². The molecule has 2 heteroatoms. The minimum Gasteiger partial charge on any atom is -0.398 e. The first-order valence-corrected chi connectivity index (χ1v) is 5.62. The van der Waals surface area contributed by atoms with Crippen molar-refractivity contribution in [1.82, 2.24) is 0 Å². The largest absolute Gasteiger partial charge is 0.398 e. The Hall–Kier alpha value is -1.47. The number of benzene rings is 2. The third-order valence-electron chi connectivity index (χ3n) is 2.59. The standard InChI is InChI=1S/C14H14ClN/c1-10-2-4-11(5-3-10)8-12-6-7-13(15)14(16)9-12/h2-7,9H,8,16H2,1H3. The van der Waals surface area contributed by atoms with Gasteiger partial charge in [-0.15, -0.1) is 0 Å². The number of nitrogen functional groups attached to an aromatic ring is 1. The third kappa shape index (κ3) is 2.56. The molecule has 0 heterocycles. The van der Waals surface area contributed by atoms with E-state index in [1.165, 1.54) is 16.7 Å². The SMILES string of the molecule is Cc1ccc(Cc2ccc(Cl)c(N)c2)cc1. The fourth-order valence-corrected chi connectivity index (χ4v) is 1.76. The van der Waals surface area contributed by atoms with Gasteiger partial charge in [0.2, 0.25) is 0 Å². The van der Waals surface area contributed by atoms with Crippen molar-refractivity contribution >= 4 is 17.3 Å². The van der Waals surface area contributed by atoms with Crippen LogP contribution in [0.15, 0.2) is 42.5 Å². The van der Waals surface area contributed by atoms with Crippen molar-refractivity contribution in [1.29, 1.82) is 0 Å². The summed E-state index contributed by atoms with van der Waals surface area (Å²) in [5.74, 6) is 0. The summed E-state index contributed by atoms with van der Waals surface area (Å²) in [4.78, 5) is 0. The average molecular weight is 232 g/mol. The molecule has 2 rings (SSSR count). The van der Waals surface area contributed by atoms with E-state index in [0.29, 0.717) is 10.7 Å². The lowest BCUT2D eigenvalue weighted by Crippen LogP contribution is -1.92. The van der Waals surface area contributed by atoms with Crippen molar-refractivity contribution in [2.75, 3.05) is 5.73 Å². The van der Waals surface area contributed by atoms with E-state index in [9.17, 15) is 0 Å². The first-order valence-electron chi connectivity index (χ1n) is 5.24. The van der Waals surface area contributed by atoms with E-state index < -0.39 is 0 Å². The minimum atomic E-state index is 0.618. The Morgan fingerprint density at radius 2 is 1.62 bits per heavy atom. The first-order chi connectivity index (χ1) is 7.65. The van der Waals surface area contributed by atoms with Crippen LogP contribution in [0.4, 0.5) is 5.69 Å². The second kappa shape index (κ2) is 4.58. The minimum absolute atomic E-state index is 0.618. The third-order valence-corrected chi connectivity index (χ3v) is 2.93. The van der Waals surface area contributed by atoms with Crippen LogP contribution in [0.5, 0.6) is 0 Å². The van der Waals surface area contributed by atoms with Gasteiger partial charge in [0.1, 0.15) is 0 Å². The maximum atomic E-state index is 5.88. The van der Waals surface area contributed by atoms with E-state index in [1.807, 2.05) is 18.2 Å². The van der Waals surface area contributed by atoms with Gasteiger partial charge in [0.05, 0.1) is 10.7 Å². The molecule has 82 valence electrons. The van der Waals surface area contributed by atoms with E-state index in [0.717, 1.165) is 6.42 Å². The molecular weight excluding hydrogens is 218 g/mol. The topological polar surface area (TPSA) is 26.0 Å². The quantitative estimate of drug-likeness (QED) is 0.782. The van der Waals surface area contributed by atoms with Gasteiger partial charge in [0.15, 0.2) is 0 Å². The highest BCUT2D eigenvalue weighted by molar-refractivity contribution is 6.33. The molecule has 0 bridgehead atoms. The molecule has 0 fully saturated rings. The highest BCUT2D eigenvalue weighted by atomic mass is 35.5. The number of anilines is 1. The maximum absolute atomic E-state index is 5.88. The molecule has 0 aromatic heterocycles. The summed E-state index contributed by atoms with van der Waals surface area (Å²) >= 11 is 5.88. The van der Waals surface area contributed by atoms with E-state index in [2.05, 4.69) is 31.2 Å². The maximum Gasteiger partial charge on any atom is 0.0635 e. The van der Waals surface area contributed by atoms with Crippen molar-refractivity contribution in [3.05, 3.63) is 64.2 Å². The van der Waals surface area contributed by atoms with Crippen LogP contribution >= 0.6 is 11.6 Å². The Labute approximate surface area is 101 Å². The van der Waals surface area contributed by atoms with Crippen LogP contribution in [0, 0.1) is 6.92 Å². The van der Waals surface area contributed by atoms with Gasteiger partial charge in [0, 0.05) is 0 Å². The van der Waals surface area contributed by atoms with Crippen molar-refractivity contribution in [3.63, 3.8) is 0 Å². The Morgan fingerprint density at radius 1 is 1.00 bits per heavy atom. The molecule has 0 aliphatic heterocycles. The van der Waals surface area contributed by atoms with Crippen LogP contribution < -0.4 is 5.73 Å². The lowest BCUT2D eigenvalue weighted by Gasteiger charge is -2.05. The molecule has 0 aliphatic rings. The Bertz CT molecular complexity index is 489. The molecule has 2 aromatic carbocycles. The Balaban J connectivity index is 2.20. The van der Waals surface area contributed by atoms with Crippen LogP contribution in [0.25, 0.3) is 0 Å². The number of aryl methyl sites for hydroxylation is 1. The van der Waals surface area contributed by atoms with Gasteiger partial charge >= 0.3 is 0 Å². The molecule has 2 aromatic rings. The van der Waals surface area contributed by atoms with Gasteiger partial charge in [-0.05, 0) is 36.6 Å². The number of nitrogens with two attached hydrogens (primary N) is 1. The summed E-state index contributed by atoms with van der Waals surface area (Å²) in [7, 11) is 0. The number of halogens is 1. The van der Waals surface area contributed by atoms with E-state index in [-0.39, 0.29) is 0 Å². The summed E-state index contributed by atoms with van der Waals surface area (Å²) < 4.78 is 0. The van der Waals surface area contributed by atoms with Gasteiger partial charge in [-0.1, -0.05) is 47.5 Å². The van der Waals surface area contributed by atoms with Crippen molar-refractivity contribution in [2.24, 2.45) is 0 Å². The van der Waals surface area contributed by atoms with Crippen LogP contribution in [0.1, 0.15) is 16.7 Å². The molecule has 0 amide bonds. The molecule has 1 nitrogen and oxygen atoms in total. The second-order valence-corrected chi connectivity index (χ2v) is 4.43. The van der Waals surface area contributed by atoms with Gasteiger partial charge in [-0.3, -0.25) is 0 Å². The van der Waals surface area contributed by atoms with Crippen molar-refractivity contribution in [3.8, 4) is 0 Å². The van der Waals surface area contributed by atoms with Crippen molar-refractivity contribution < 1.29 is 0 Å². The predicted molar refractivity (Wildman–Crippen MR) is 69.8 cm³/mol. The molecule has 0 saturated carbocycles. The normalized spacial score (nSPS) is 10.4. The fraction of sp³-hybridized carbons (Fsp3) is 0.143. The predicted octanol–water partition coefficient (Wildman–Crippen LogP) is 3.82. The van der Waals surface area contributed by atoms with Gasteiger partial charge in [-0.25, -0.2) is 0 Å². The van der Waals surface area contributed by atoms with Gasteiger partial charge in [0.25, 0.3) is 0 Å². The number of hydrogen-bond acceptors (Lipinski definition) is 1. The zero-order valence-electron chi connectivity index (χ0n) is 9.20. The summed E-state index contributed by atoms with van der Waals surface area (Å²) in [6.45, 7) is 2.09. The number of rotatable bonds is 2. The molecule has 2 N–H and O–H groups in total. The molecule has 0 saturated heterocycles. The molecule has 0 radical (unpaired) electrons. The van der Waals surface area contributed by atoms with Crippen LogP contribution in [0.2, 0.25) is 5.02 Å². The summed E-state index contributed by atoms with van der Waals surface area (Å²) in [5.41, 5.74) is 10.2. The van der Waals surface area contributed by atoms with Crippen LogP contribution in [0.3, 0.4) is 0 Å². The summed E-state index contributed by atoms with van der Waals surface area (Å²) in [6, 6.07) is 14.3.